The van der Waals surface area contributed by atoms with E-state index in [4.69, 9.17) is 4.74 Å². The Kier molecular flexibility index (Phi) is 9.73. The summed E-state index contributed by atoms with van der Waals surface area (Å²) >= 11 is 0. The predicted molar refractivity (Wildman–Crippen MR) is 136 cm³/mol. The van der Waals surface area contributed by atoms with E-state index >= 15 is 0 Å². The third kappa shape index (κ3) is 7.14. The summed E-state index contributed by atoms with van der Waals surface area (Å²) in [4.78, 5) is 6.95. The maximum absolute atomic E-state index is 13.1. The molecule has 2 aromatic rings. The molecular formula is C23H34FIN6O. The highest BCUT2D eigenvalue weighted by Gasteiger charge is 2.24. The van der Waals surface area contributed by atoms with Gasteiger partial charge in [-0.25, -0.2) is 9.07 Å². The van der Waals surface area contributed by atoms with Crippen molar-refractivity contribution in [1.82, 2.24) is 25.3 Å². The van der Waals surface area contributed by atoms with Crippen LogP contribution >= 0.6 is 24.0 Å². The Labute approximate surface area is 206 Å². The van der Waals surface area contributed by atoms with Crippen LogP contribution in [0.5, 0.6) is 0 Å². The number of nitrogens with one attached hydrogen (secondary N) is 2. The van der Waals surface area contributed by atoms with E-state index in [2.05, 4.69) is 25.6 Å². The number of benzene rings is 1. The third-order valence-corrected chi connectivity index (χ3v) is 6.10. The van der Waals surface area contributed by atoms with Gasteiger partial charge >= 0.3 is 0 Å². The average molecular weight is 556 g/mol. The monoisotopic (exact) mass is 556 g/mol. The quantitative estimate of drug-likeness (QED) is 0.312. The molecule has 2 fully saturated rings. The molecule has 0 radical (unpaired) electrons. The minimum atomic E-state index is -0.242. The van der Waals surface area contributed by atoms with Crippen molar-refractivity contribution in [3.05, 3.63) is 48.0 Å². The first-order valence-corrected chi connectivity index (χ1v) is 11.3. The fourth-order valence-corrected chi connectivity index (χ4v) is 4.28. The van der Waals surface area contributed by atoms with Crippen molar-refractivity contribution >= 4 is 29.9 Å². The van der Waals surface area contributed by atoms with Crippen molar-refractivity contribution in [3.8, 4) is 5.69 Å². The molecule has 1 unspecified atom stereocenters. The van der Waals surface area contributed by atoms with Gasteiger partial charge in [0, 0.05) is 58.5 Å². The molecule has 2 aliphatic heterocycles. The number of aliphatic imine (C=N–C) groups is 1. The SMILES string of the molecule is CN=C(NCCc1ccn(-c2ccc(F)cc2)n1)NC1CCN(CC2CCOC2)CC1.I. The number of guanidine groups is 1. The molecule has 1 aromatic carbocycles. The third-order valence-electron chi connectivity index (χ3n) is 6.10. The van der Waals surface area contributed by atoms with Gasteiger partial charge in [0.15, 0.2) is 5.96 Å². The number of ether oxygens (including phenoxy) is 1. The zero-order valence-electron chi connectivity index (χ0n) is 18.7. The zero-order chi connectivity index (χ0) is 21.5. The number of aromatic nitrogens is 2. The first-order chi connectivity index (χ1) is 15.2. The molecule has 2 N–H and O–H groups in total. The Morgan fingerprint density at radius 3 is 2.66 bits per heavy atom. The first kappa shape index (κ1) is 24.9. The van der Waals surface area contributed by atoms with Gasteiger partial charge < -0.3 is 20.3 Å². The minimum Gasteiger partial charge on any atom is -0.381 e. The van der Waals surface area contributed by atoms with E-state index in [0.717, 1.165) is 69.5 Å². The summed E-state index contributed by atoms with van der Waals surface area (Å²) in [5.74, 6) is 1.32. The second kappa shape index (κ2) is 12.5. The average Bonchev–Trinajstić information content (AvgIpc) is 3.47. The Balaban J connectivity index is 0.00000289. The largest absolute Gasteiger partial charge is 0.381 e. The maximum atomic E-state index is 13.1. The summed E-state index contributed by atoms with van der Waals surface area (Å²) in [7, 11) is 1.81. The summed E-state index contributed by atoms with van der Waals surface area (Å²) in [6.45, 7) is 6.04. The molecule has 0 aliphatic carbocycles. The highest BCUT2D eigenvalue weighted by atomic mass is 127. The summed E-state index contributed by atoms with van der Waals surface area (Å²) in [5, 5.41) is 11.5. The molecule has 7 nitrogen and oxygen atoms in total. The van der Waals surface area contributed by atoms with Crippen molar-refractivity contribution in [3.63, 3.8) is 0 Å². The zero-order valence-corrected chi connectivity index (χ0v) is 21.0. The van der Waals surface area contributed by atoms with Crippen LogP contribution in [0.2, 0.25) is 0 Å². The molecule has 2 aliphatic rings. The van der Waals surface area contributed by atoms with Gasteiger partial charge in [0.1, 0.15) is 5.82 Å². The molecule has 1 aromatic heterocycles. The molecule has 0 saturated carbocycles. The Morgan fingerprint density at radius 1 is 1.19 bits per heavy atom. The standard InChI is InChI=1S/C23H33FN6O.HI/c1-25-23(27-20-7-12-29(13-8-20)16-18-10-15-31-17-18)26-11-6-21-9-14-30(28-21)22-4-2-19(24)3-5-22;/h2-5,9,14,18,20H,6-8,10-13,15-17H2,1H3,(H2,25,26,27);1H. The maximum Gasteiger partial charge on any atom is 0.191 e. The second-order valence-corrected chi connectivity index (χ2v) is 8.43. The molecule has 1 atom stereocenters. The van der Waals surface area contributed by atoms with Crippen LogP contribution in [0.4, 0.5) is 4.39 Å². The Morgan fingerprint density at radius 2 is 1.97 bits per heavy atom. The number of rotatable bonds is 7. The number of hydrogen-bond donors (Lipinski definition) is 2. The number of likely N-dealkylation sites (tertiary alicyclic amines) is 1. The van der Waals surface area contributed by atoms with Gasteiger partial charge in [0.25, 0.3) is 0 Å². The number of halogens is 2. The van der Waals surface area contributed by atoms with Gasteiger partial charge in [-0.3, -0.25) is 4.99 Å². The van der Waals surface area contributed by atoms with Crippen LogP contribution in [0, 0.1) is 11.7 Å². The van der Waals surface area contributed by atoms with Crippen molar-refractivity contribution in [2.24, 2.45) is 10.9 Å². The lowest BCUT2D eigenvalue weighted by atomic mass is 10.0. The van der Waals surface area contributed by atoms with E-state index in [1.165, 1.54) is 25.1 Å². The van der Waals surface area contributed by atoms with Gasteiger partial charge in [0.2, 0.25) is 0 Å². The Hall–Kier alpha value is -1.72. The van der Waals surface area contributed by atoms with Crippen molar-refractivity contribution in [2.75, 3.05) is 46.4 Å². The van der Waals surface area contributed by atoms with E-state index in [0.29, 0.717) is 12.0 Å². The van der Waals surface area contributed by atoms with Crippen molar-refractivity contribution in [2.45, 2.75) is 31.7 Å². The normalized spacial score (nSPS) is 20.2. The highest BCUT2D eigenvalue weighted by molar-refractivity contribution is 14.0. The summed E-state index contributed by atoms with van der Waals surface area (Å²) < 4.78 is 20.4. The molecule has 0 amide bonds. The lowest BCUT2D eigenvalue weighted by Crippen LogP contribution is -2.49. The van der Waals surface area contributed by atoms with Gasteiger partial charge in [-0.05, 0) is 55.5 Å². The van der Waals surface area contributed by atoms with E-state index in [9.17, 15) is 4.39 Å². The van der Waals surface area contributed by atoms with Crippen molar-refractivity contribution in [1.29, 1.82) is 0 Å². The molecule has 3 heterocycles. The fourth-order valence-electron chi connectivity index (χ4n) is 4.28. The molecule has 32 heavy (non-hydrogen) atoms. The minimum absolute atomic E-state index is 0. The van der Waals surface area contributed by atoms with E-state index in [1.54, 1.807) is 16.8 Å². The van der Waals surface area contributed by atoms with Gasteiger partial charge in [-0.2, -0.15) is 5.10 Å². The van der Waals surface area contributed by atoms with Gasteiger partial charge in [-0.15, -0.1) is 24.0 Å². The molecule has 176 valence electrons. The number of hydrogen-bond acceptors (Lipinski definition) is 4. The second-order valence-electron chi connectivity index (χ2n) is 8.43. The topological polar surface area (TPSA) is 66.7 Å². The van der Waals surface area contributed by atoms with Crippen LogP contribution in [0.3, 0.4) is 0 Å². The Bertz CT molecular complexity index is 844. The molecule has 9 heteroatoms. The molecule has 0 bridgehead atoms. The smallest absolute Gasteiger partial charge is 0.191 e. The van der Waals surface area contributed by atoms with E-state index in [1.807, 2.05) is 19.3 Å². The lowest BCUT2D eigenvalue weighted by molar-refractivity contribution is 0.150. The van der Waals surface area contributed by atoms with Crippen LogP contribution in [0.15, 0.2) is 41.5 Å². The lowest BCUT2D eigenvalue weighted by Gasteiger charge is -2.34. The molecular weight excluding hydrogens is 522 g/mol. The van der Waals surface area contributed by atoms with Crippen molar-refractivity contribution < 1.29 is 9.13 Å². The van der Waals surface area contributed by atoms with Crippen LogP contribution in [-0.2, 0) is 11.2 Å². The summed E-state index contributed by atoms with van der Waals surface area (Å²) in [5.41, 5.74) is 1.83. The number of nitrogens with zero attached hydrogens (tertiary/aromatic N) is 4. The van der Waals surface area contributed by atoms with E-state index in [-0.39, 0.29) is 29.8 Å². The van der Waals surface area contributed by atoms with Crippen LogP contribution < -0.4 is 10.6 Å². The summed E-state index contributed by atoms with van der Waals surface area (Å²) in [6.07, 6.45) is 6.17. The molecule has 4 rings (SSSR count). The van der Waals surface area contributed by atoms with Crippen LogP contribution in [-0.4, -0.2) is 73.1 Å². The first-order valence-electron chi connectivity index (χ1n) is 11.3. The van der Waals surface area contributed by atoms with Crippen LogP contribution in [0.25, 0.3) is 5.69 Å². The summed E-state index contributed by atoms with van der Waals surface area (Å²) in [6, 6.07) is 8.79. The van der Waals surface area contributed by atoms with Crippen LogP contribution in [0.1, 0.15) is 25.0 Å². The van der Waals surface area contributed by atoms with E-state index < -0.39 is 0 Å². The van der Waals surface area contributed by atoms with Gasteiger partial charge in [-0.1, -0.05) is 0 Å². The fraction of sp³-hybridized carbons (Fsp3) is 0.565. The molecule has 2 saturated heterocycles. The molecule has 0 spiro atoms. The highest BCUT2D eigenvalue weighted by Crippen LogP contribution is 2.17. The number of piperidine rings is 1. The van der Waals surface area contributed by atoms with Gasteiger partial charge in [0.05, 0.1) is 18.0 Å². The predicted octanol–water partition coefficient (Wildman–Crippen LogP) is 2.84.